The molecule has 14 heavy (non-hydrogen) atoms. The summed E-state index contributed by atoms with van der Waals surface area (Å²) in [5, 5.41) is 9.16. The van der Waals surface area contributed by atoms with Crippen LogP contribution in [0.2, 0.25) is 0 Å². The topological polar surface area (TPSA) is 29.5 Å². The van der Waals surface area contributed by atoms with Crippen LogP contribution in [0.25, 0.3) is 0 Å². The molecule has 0 spiro atoms. The summed E-state index contributed by atoms with van der Waals surface area (Å²) in [5.41, 5.74) is 1.16. The van der Waals surface area contributed by atoms with Gasteiger partial charge in [0.25, 0.3) is 0 Å². The third-order valence-electron chi connectivity index (χ3n) is 2.65. The maximum atomic E-state index is 9.16. The lowest BCUT2D eigenvalue weighted by Gasteiger charge is -2.16. The van der Waals surface area contributed by atoms with Crippen molar-refractivity contribution in [2.45, 2.75) is 12.5 Å². The fourth-order valence-electron chi connectivity index (χ4n) is 1.84. The van der Waals surface area contributed by atoms with Gasteiger partial charge in [-0.15, -0.1) is 0 Å². The van der Waals surface area contributed by atoms with E-state index in [-0.39, 0.29) is 18.6 Å². The molecule has 1 aliphatic rings. The van der Waals surface area contributed by atoms with Gasteiger partial charge in [-0.1, -0.05) is 28.1 Å². The second kappa shape index (κ2) is 4.43. The summed E-state index contributed by atoms with van der Waals surface area (Å²) in [4.78, 5) is 0. The summed E-state index contributed by atoms with van der Waals surface area (Å²) >= 11 is 3.40. The van der Waals surface area contributed by atoms with Crippen molar-refractivity contribution in [2.24, 2.45) is 5.92 Å². The quantitative estimate of drug-likeness (QED) is 0.882. The van der Waals surface area contributed by atoms with Gasteiger partial charge in [0, 0.05) is 23.6 Å². The molecule has 0 radical (unpaired) electrons. The van der Waals surface area contributed by atoms with E-state index in [1.165, 1.54) is 0 Å². The number of ether oxygens (including phenoxy) is 1. The molecule has 1 aromatic rings. The van der Waals surface area contributed by atoms with Gasteiger partial charge in [0.1, 0.15) is 0 Å². The van der Waals surface area contributed by atoms with Gasteiger partial charge in [-0.05, 0) is 24.1 Å². The van der Waals surface area contributed by atoms with Gasteiger partial charge in [-0.25, -0.2) is 0 Å². The number of aliphatic hydroxyl groups is 1. The van der Waals surface area contributed by atoms with Crippen molar-refractivity contribution in [3.05, 3.63) is 34.3 Å². The van der Waals surface area contributed by atoms with Crippen LogP contribution >= 0.6 is 15.9 Å². The van der Waals surface area contributed by atoms with E-state index in [1.807, 2.05) is 24.3 Å². The molecule has 1 N–H and O–H groups in total. The van der Waals surface area contributed by atoms with Crippen molar-refractivity contribution in [3.8, 4) is 0 Å². The van der Waals surface area contributed by atoms with Crippen molar-refractivity contribution in [3.63, 3.8) is 0 Å². The Balaban J connectivity index is 2.17. The second-order valence-corrected chi connectivity index (χ2v) is 4.49. The molecule has 2 atom stereocenters. The molecule has 2 unspecified atom stereocenters. The number of hydrogen-bond acceptors (Lipinski definition) is 2. The minimum absolute atomic E-state index is 0.0769. The smallest absolute Gasteiger partial charge is 0.0875 e. The second-order valence-electron chi connectivity index (χ2n) is 3.57. The van der Waals surface area contributed by atoms with Crippen molar-refractivity contribution in [2.75, 3.05) is 13.2 Å². The van der Waals surface area contributed by atoms with E-state index >= 15 is 0 Å². The molecule has 0 bridgehead atoms. The number of benzene rings is 1. The predicted octanol–water partition coefficient (Wildman–Crippen LogP) is 2.52. The van der Waals surface area contributed by atoms with Gasteiger partial charge in [0.05, 0.1) is 6.10 Å². The molecule has 0 aromatic heterocycles. The van der Waals surface area contributed by atoms with Crippen LogP contribution in [0.4, 0.5) is 0 Å². The van der Waals surface area contributed by atoms with E-state index in [2.05, 4.69) is 15.9 Å². The van der Waals surface area contributed by atoms with Crippen LogP contribution in [0, 0.1) is 5.92 Å². The van der Waals surface area contributed by atoms with E-state index in [0.29, 0.717) is 0 Å². The molecule has 0 saturated carbocycles. The highest BCUT2D eigenvalue weighted by Crippen LogP contribution is 2.34. The highest BCUT2D eigenvalue weighted by Gasteiger charge is 2.28. The maximum Gasteiger partial charge on any atom is 0.0875 e. The lowest BCUT2D eigenvalue weighted by Crippen LogP contribution is -2.11. The summed E-state index contributed by atoms with van der Waals surface area (Å²) in [6, 6.07) is 8.10. The van der Waals surface area contributed by atoms with Crippen molar-refractivity contribution in [1.82, 2.24) is 0 Å². The van der Waals surface area contributed by atoms with Crippen LogP contribution in [0.3, 0.4) is 0 Å². The van der Waals surface area contributed by atoms with E-state index in [4.69, 9.17) is 9.84 Å². The van der Waals surface area contributed by atoms with Crippen LogP contribution in [0.5, 0.6) is 0 Å². The summed E-state index contributed by atoms with van der Waals surface area (Å²) < 4.78 is 6.68. The van der Waals surface area contributed by atoms with Crippen LogP contribution in [-0.2, 0) is 4.74 Å². The number of rotatable bonds is 2. The summed E-state index contributed by atoms with van der Waals surface area (Å²) in [6.45, 7) is 0.965. The summed E-state index contributed by atoms with van der Waals surface area (Å²) in [5.74, 6) is 0.260. The highest BCUT2D eigenvalue weighted by atomic mass is 79.9. The summed E-state index contributed by atoms with van der Waals surface area (Å²) in [7, 11) is 0. The molecule has 3 heteroatoms. The van der Waals surface area contributed by atoms with Crippen LogP contribution in [0.1, 0.15) is 18.1 Å². The zero-order chi connectivity index (χ0) is 9.97. The van der Waals surface area contributed by atoms with Crippen molar-refractivity contribution >= 4 is 15.9 Å². The van der Waals surface area contributed by atoms with Crippen molar-refractivity contribution < 1.29 is 9.84 Å². The number of halogens is 1. The Kier molecular flexibility index (Phi) is 3.21. The van der Waals surface area contributed by atoms with E-state index in [0.717, 1.165) is 23.1 Å². The number of aliphatic hydroxyl groups excluding tert-OH is 1. The third-order valence-corrected chi connectivity index (χ3v) is 3.18. The monoisotopic (exact) mass is 256 g/mol. The summed E-state index contributed by atoms with van der Waals surface area (Å²) in [6.07, 6.45) is 1.03. The Morgan fingerprint density at radius 3 is 2.71 bits per heavy atom. The Bertz CT molecular complexity index is 297. The lowest BCUT2D eigenvalue weighted by molar-refractivity contribution is 0.0720. The van der Waals surface area contributed by atoms with E-state index in [9.17, 15) is 0 Å². The molecule has 0 amide bonds. The Morgan fingerprint density at radius 1 is 1.36 bits per heavy atom. The van der Waals surface area contributed by atoms with Crippen LogP contribution in [0.15, 0.2) is 28.7 Å². The molecule has 1 aromatic carbocycles. The average Bonchev–Trinajstić information content (AvgIpc) is 2.67. The minimum Gasteiger partial charge on any atom is -0.396 e. The fraction of sp³-hybridized carbons (Fsp3) is 0.455. The first kappa shape index (κ1) is 10.1. The zero-order valence-electron chi connectivity index (χ0n) is 7.82. The van der Waals surface area contributed by atoms with Gasteiger partial charge in [-0.3, -0.25) is 0 Å². The third kappa shape index (κ3) is 2.00. The molecule has 2 rings (SSSR count). The standard InChI is InChI=1S/C11H13BrO2/c12-10-3-1-8(2-4-10)11-9(7-13)5-6-14-11/h1-4,9,11,13H,5-7H2. The Morgan fingerprint density at radius 2 is 2.07 bits per heavy atom. The highest BCUT2D eigenvalue weighted by molar-refractivity contribution is 9.10. The molecule has 0 aliphatic carbocycles. The largest absolute Gasteiger partial charge is 0.396 e. The molecule has 76 valence electrons. The van der Waals surface area contributed by atoms with E-state index < -0.39 is 0 Å². The Labute approximate surface area is 92.0 Å². The molecular formula is C11H13BrO2. The lowest BCUT2D eigenvalue weighted by atomic mass is 9.96. The first-order valence-corrected chi connectivity index (χ1v) is 5.58. The van der Waals surface area contributed by atoms with Crippen LogP contribution < -0.4 is 0 Å². The molecule has 2 nitrogen and oxygen atoms in total. The molecular weight excluding hydrogens is 244 g/mol. The predicted molar refractivity (Wildman–Crippen MR) is 58.0 cm³/mol. The maximum absolute atomic E-state index is 9.16. The average molecular weight is 257 g/mol. The zero-order valence-corrected chi connectivity index (χ0v) is 9.40. The van der Waals surface area contributed by atoms with Gasteiger partial charge in [0.2, 0.25) is 0 Å². The Hall–Kier alpha value is -0.380. The number of hydrogen-bond donors (Lipinski definition) is 1. The molecule has 1 aliphatic heterocycles. The normalized spacial score (nSPS) is 26.7. The molecule has 1 heterocycles. The van der Waals surface area contributed by atoms with Gasteiger partial charge in [0.15, 0.2) is 0 Å². The molecule has 1 saturated heterocycles. The van der Waals surface area contributed by atoms with E-state index in [1.54, 1.807) is 0 Å². The van der Waals surface area contributed by atoms with Gasteiger partial charge < -0.3 is 9.84 Å². The van der Waals surface area contributed by atoms with Gasteiger partial charge >= 0.3 is 0 Å². The first-order valence-electron chi connectivity index (χ1n) is 4.79. The first-order chi connectivity index (χ1) is 6.81. The van der Waals surface area contributed by atoms with Gasteiger partial charge in [-0.2, -0.15) is 0 Å². The minimum atomic E-state index is 0.0769. The molecule has 1 fully saturated rings. The fourth-order valence-corrected chi connectivity index (χ4v) is 2.11. The SMILES string of the molecule is OCC1CCOC1c1ccc(Br)cc1. The van der Waals surface area contributed by atoms with Crippen molar-refractivity contribution in [1.29, 1.82) is 0 Å². The van der Waals surface area contributed by atoms with Crippen LogP contribution in [-0.4, -0.2) is 18.3 Å².